The molecule has 2 rings (SSSR count). The summed E-state index contributed by atoms with van der Waals surface area (Å²) >= 11 is 0. The van der Waals surface area contributed by atoms with Crippen LogP contribution in [0.5, 0.6) is 0 Å². The maximum absolute atomic E-state index is 10.7. The lowest BCUT2D eigenvalue weighted by molar-refractivity contribution is -0.109. The van der Waals surface area contributed by atoms with Crippen LogP contribution in [-0.2, 0) is 14.3 Å². The standard InChI is InChI=1S/C15H26O3/c1-2-3-4-5-10-17-11-13-12(8-9-16)14-6-7-15(13)18-14/h9,12-15H,2-8,10-11H2,1H3/t12-,13+,14-,15+/m0/s1. The molecule has 0 aromatic heterocycles. The zero-order valence-corrected chi connectivity index (χ0v) is 11.5. The van der Waals surface area contributed by atoms with E-state index in [9.17, 15) is 4.79 Å². The highest BCUT2D eigenvalue weighted by atomic mass is 16.5. The summed E-state index contributed by atoms with van der Waals surface area (Å²) in [5, 5.41) is 0. The first-order chi connectivity index (χ1) is 8.86. The first kappa shape index (κ1) is 14.0. The number of carbonyl (C=O) groups excluding carboxylic acids is 1. The average molecular weight is 254 g/mol. The molecule has 0 amide bonds. The molecular formula is C15H26O3. The van der Waals surface area contributed by atoms with E-state index in [0.29, 0.717) is 30.5 Å². The third-order valence-corrected chi connectivity index (χ3v) is 4.41. The molecule has 0 unspecified atom stereocenters. The second-order valence-electron chi connectivity index (χ2n) is 5.66. The van der Waals surface area contributed by atoms with Crippen LogP contribution in [0.1, 0.15) is 51.9 Å². The van der Waals surface area contributed by atoms with E-state index in [0.717, 1.165) is 38.8 Å². The number of hydrogen-bond donors (Lipinski definition) is 0. The lowest BCUT2D eigenvalue weighted by atomic mass is 9.78. The smallest absolute Gasteiger partial charge is 0.120 e. The summed E-state index contributed by atoms with van der Waals surface area (Å²) in [4.78, 5) is 10.7. The molecule has 0 aromatic carbocycles. The molecule has 0 N–H and O–H groups in total. The molecule has 2 heterocycles. The summed E-state index contributed by atoms with van der Waals surface area (Å²) in [6, 6.07) is 0. The van der Waals surface area contributed by atoms with Crippen molar-refractivity contribution in [3.63, 3.8) is 0 Å². The second-order valence-corrected chi connectivity index (χ2v) is 5.66. The third-order valence-electron chi connectivity index (χ3n) is 4.41. The summed E-state index contributed by atoms with van der Waals surface area (Å²) in [5.74, 6) is 0.872. The van der Waals surface area contributed by atoms with Crippen molar-refractivity contribution in [2.45, 2.75) is 64.1 Å². The fourth-order valence-corrected chi connectivity index (χ4v) is 3.39. The van der Waals surface area contributed by atoms with Crippen LogP contribution in [0.4, 0.5) is 0 Å². The largest absolute Gasteiger partial charge is 0.381 e. The fraction of sp³-hybridized carbons (Fsp3) is 0.933. The molecule has 18 heavy (non-hydrogen) atoms. The van der Waals surface area contributed by atoms with E-state index in [4.69, 9.17) is 9.47 Å². The number of carbonyl (C=O) groups is 1. The monoisotopic (exact) mass is 254 g/mol. The van der Waals surface area contributed by atoms with Gasteiger partial charge >= 0.3 is 0 Å². The molecule has 0 aromatic rings. The second kappa shape index (κ2) is 7.25. The van der Waals surface area contributed by atoms with Gasteiger partial charge in [0.25, 0.3) is 0 Å². The van der Waals surface area contributed by atoms with E-state index in [2.05, 4.69) is 6.92 Å². The number of ether oxygens (including phenoxy) is 2. The Kier molecular flexibility index (Phi) is 5.64. The minimum Gasteiger partial charge on any atom is -0.381 e. The maximum Gasteiger partial charge on any atom is 0.120 e. The molecule has 0 spiro atoms. The summed E-state index contributed by atoms with van der Waals surface area (Å²) < 4.78 is 11.7. The predicted molar refractivity (Wildman–Crippen MR) is 70.5 cm³/mol. The van der Waals surface area contributed by atoms with Crippen LogP contribution in [0.3, 0.4) is 0 Å². The molecule has 3 nitrogen and oxygen atoms in total. The number of rotatable bonds is 9. The highest BCUT2D eigenvalue weighted by Crippen LogP contribution is 2.44. The maximum atomic E-state index is 10.7. The first-order valence-corrected chi connectivity index (χ1v) is 7.53. The van der Waals surface area contributed by atoms with E-state index in [1.165, 1.54) is 19.3 Å². The average Bonchev–Trinajstić information content (AvgIpc) is 2.96. The first-order valence-electron chi connectivity index (χ1n) is 7.53. The van der Waals surface area contributed by atoms with Gasteiger partial charge in [-0.2, -0.15) is 0 Å². The Morgan fingerprint density at radius 3 is 2.67 bits per heavy atom. The molecule has 0 aliphatic carbocycles. The Morgan fingerprint density at radius 2 is 1.94 bits per heavy atom. The minimum atomic E-state index is 0.328. The van der Waals surface area contributed by atoms with Crippen molar-refractivity contribution in [1.29, 1.82) is 0 Å². The summed E-state index contributed by atoms with van der Waals surface area (Å²) in [6.45, 7) is 3.87. The van der Waals surface area contributed by atoms with Crippen LogP contribution in [-0.4, -0.2) is 31.7 Å². The molecule has 2 bridgehead atoms. The molecule has 2 aliphatic rings. The third kappa shape index (κ3) is 3.33. The summed E-state index contributed by atoms with van der Waals surface area (Å²) in [7, 11) is 0. The van der Waals surface area contributed by atoms with E-state index in [-0.39, 0.29) is 0 Å². The normalized spacial score (nSPS) is 34.1. The number of hydrogen-bond acceptors (Lipinski definition) is 3. The van der Waals surface area contributed by atoms with Crippen LogP contribution in [0, 0.1) is 11.8 Å². The van der Waals surface area contributed by atoms with Gasteiger partial charge in [-0.25, -0.2) is 0 Å². The predicted octanol–water partition coefficient (Wildman–Crippen LogP) is 2.97. The van der Waals surface area contributed by atoms with Gasteiger partial charge in [0.15, 0.2) is 0 Å². The van der Waals surface area contributed by atoms with Crippen molar-refractivity contribution in [3.05, 3.63) is 0 Å². The van der Waals surface area contributed by atoms with Crippen molar-refractivity contribution in [3.8, 4) is 0 Å². The number of unbranched alkanes of at least 4 members (excludes halogenated alkanes) is 3. The molecule has 3 heteroatoms. The van der Waals surface area contributed by atoms with Crippen LogP contribution < -0.4 is 0 Å². The van der Waals surface area contributed by atoms with E-state index in [1.54, 1.807) is 0 Å². The van der Waals surface area contributed by atoms with Crippen molar-refractivity contribution in [1.82, 2.24) is 0 Å². The van der Waals surface area contributed by atoms with Crippen molar-refractivity contribution in [2.24, 2.45) is 11.8 Å². The van der Waals surface area contributed by atoms with Crippen LogP contribution in [0.15, 0.2) is 0 Å². The highest BCUT2D eigenvalue weighted by molar-refractivity contribution is 5.50. The van der Waals surface area contributed by atoms with E-state index in [1.807, 2.05) is 0 Å². The number of aldehydes is 1. The van der Waals surface area contributed by atoms with E-state index >= 15 is 0 Å². The Labute approximate surface area is 110 Å². The summed E-state index contributed by atoms with van der Waals surface area (Å²) in [5.41, 5.74) is 0. The van der Waals surface area contributed by atoms with Crippen molar-refractivity contribution >= 4 is 6.29 Å². The Hall–Kier alpha value is -0.410. The SMILES string of the molecule is CCCCCCOC[C@@H]1[C@H](CC=O)[C@@H]2CC[C@H]1O2. The minimum absolute atomic E-state index is 0.328. The quantitative estimate of drug-likeness (QED) is 0.469. The van der Waals surface area contributed by atoms with Crippen LogP contribution >= 0.6 is 0 Å². The molecule has 0 radical (unpaired) electrons. The molecule has 2 fully saturated rings. The van der Waals surface area contributed by atoms with Gasteiger partial charge in [-0.1, -0.05) is 26.2 Å². The Bertz CT molecular complexity index is 254. The van der Waals surface area contributed by atoms with Gasteiger partial charge < -0.3 is 14.3 Å². The Balaban J connectivity index is 1.66. The van der Waals surface area contributed by atoms with Gasteiger partial charge in [-0.05, 0) is 25.2 Å². The molecular weight excluding hydrogens is 228 g/mol. The summed E-state index contributed by atoms with van der Waals surface area (Å²) in [6.07, 6.45) is 9.66. The molecule has 2 aliphatic heterocycles. The molecule has 0 saturated carbocycles. The van der Waals surface area contributed by atoms with Gasteiger partial charge in [0.2, 0.25) is 0 Å². The number of fused-ring (bicyclic) bond motifs is 2. The molecule has 2 saturated heterocycles. The lowest BCUT2D eigenvalue weighted by Gasteiger charge is -2.26. The molecule has 4 atom stereocenters. The van der Waals surface area contributed by atoms with Crippen LogP contribution in [0.25, 0.3) is 0 Å². The fourth-order valence-electron chi connectivity index (χ4n) is 3.39. The van der Waals surface area contributed by atoms with Gasteiger partial charge in [-0.15, -0.1) is 0 Å². The highest BCUT2D eigenvalue weighted by Gasteiger charge is 2.48. The van der Waals surface area contributed by atoms with E-state index < -0.39 is 0 Å². The van der Waals surface area contributed by atoms with Crippen LogP contribution in [0.2, 0.25) is 0 Å². The topological polar surface area (TPSA) is 35.5 Å². The zero-order valence-electron chi connectivity index (χ0n) is 11.5. The van der Waals surface area contributed by atoms with Gasteiger partial charge in [0.05, 0.1) is 18.8 Å². The van der Waals surface area contributed by atoms with Gasteiger partial charge in [0, 0.05) is 18.9 Å². The van der Waals surface area contributed by atoms with Gasteiger partial charge in [-0.3, -0.25) is 0 Å². The Morgan fingerprint density at radius 1 is 1.17 bits per heavy atom. The van der Waals surface area contributed by atoms with Gasteiger partial charge in [0.1, 0.15) is 6.29 Å². The van der Waals surface area contributed by atoms with Crippen molar-refractivity contribution in [2.75, 3.05) is 13.2 Å². The lowest BCUT2D eigenvalue weighted by Crippen LogP contribution is -2.31. The van der Waals surface area contributed by atoms with Crippen molar-refractivity contribution < 1.29 is 14.3 Å². The zero-order chi connectivity index (χ0) is 12.8. The molecule has 104 valence electrons.